The molecule has 4 atom stereocenters. The standard InChI is InChI=1S/C9H18O5S/c1-5-3-9(13,8(11)12)4-6(7(5)10)15-14-2/h5-8,10-13H,3-4H2,1-2H3/t5-,6?,7+,9-/m1/s1. The SMILES string of the molecule is COSC1C[C@@](O)(C(O)O)C[C@@H](C)[C@@H]1O. The van der Waals surface area contributed by atoms with Gasteiger partial charge in [-0.15, -0.1) is 0 Å². The van der Waals surface area contributed by atoms with Gasteiger partial charge in [0.2, 0.25) is 0 Å². The van der Waals surface area contributed by atoms with Gasteiger partial charge in [0, 0.05) is 0 Å². The molecule has 0 radical (unpaired) electrons. The summed E-state index contributed by atoms with van der Waals surface area (Å²) >= 11 is 1.05. The highest BCUT2D eigenvalue weighted by atomic mass is 32.2. The first-order valence-electron chi connectivity index (χ1n) is 4.87. The maximum absolute atomic E-state index is 9.95. The lowest BCUT2D eigenvalue weighted by Gasteiger charge is -2.43. The van der Waals surface area contributed by atoms with E-state index in [4.69, 9.17) is 14.4 Å². The summed E-state index contributed by atoms with van der Waals surface area (Å²) in [5.74, 6) is -0.196. The summed E-state index contributed by atoms with van der Waals surface area (Å²) in [7, 11) is 1.48. The Kier molecular flexibility index (Phi) is 4.39. The zero-order valence-electron chi connectivity index (χ0n) is 8.83. The monoisotopic (exact) mass is 238 g/mol. The van der Waals surface area contributed by atoms with Crippen LogP contribution < -0.4 is 0 Å². The molecule has 1 rings (SSSR count). The smallest absolute Gasteiger partial charge is 0.181 e. The van der Waals surface area contributed by atoms with Crippen molar-refractivity contribution in [2.75, 3.05) is 7.11 Å². The molecule has 1 fully saturated rings. The van der Waals surface area contributed by atoms with Gasteiger partial charge in [0.05, 0.1) is 18.5 Å². The lowest BCUT2D eigenvalue weighted by atomic mass is 9.76. The molecule has 0 aromatic carbocycles. The Hall–Kier alpha value is 0.150. The maximum atomic E-state index is 9.95. The molecule has 0 amide bonds. The minimum atomic E-state index is -1.78. The van der Waals surface area contributed by atoms with E-state index in [1.54, 1.807) is 6.92 Å². The predicted octanol–water partition coefficient (Wildman–Crippen LogP) is -0.518. The molecule has 4 N–H and O–H groups in total. The second-order valence-corrected chi connectivity index (χ2v) is 5.29. The van der Waals surface area contributed by atoms with E-state index < -0.39 is 18.0 Å². The molecule has 0 heterocycles. The van der Waals surface area contributed by atoms with Crippen LogP contribution in [0.5, 0.6) is 0 Å². The summed E-state index contributed by atoms with van der Waals surface area (Å²) in [4.78, 5) is 0. The Bertz CT molecular complexity index is 213. The van der Waals surface area contributed by atoms with Crippen LogP contribution in [-0.4, -0.2) is 50.8 Å². The summed E-state index contributed by atoms with van der Waals surface area (Å²) in [5.41, 5.74) is -1.55. The topological polar surface area (TPSA) is 90.2 Å². The van der Waals surface area contributed by atoms with Crippen LogP contribution in [0.2, 0.25) is 0 Å². The van der Waals surface area contributed by atoms with Gasteiger partial charge in [-0.25, -0.2) is 0 Å². The molecule has 0 spiro atoms. The summed E-state index contributed by atoms with van der Waals surface area (Å²) in [6.07, 6.45) is -2.11. The average Bonchev–Trinajstić information content (AvgIpc) is 2.14. The molecule has 15 heavy (non-hydrogen) atoms. The second kappa shape index (κ2) is 4.99. The predicted molar refractivity (Wildman–Crippen MR) is 56.0 cm³/mol. The molecular formula is C9H18O5S. The Morgan fingerprint density at radius 2 is 2.00 bits per heavy atom. The van der Waals surface area contributed by atoms with Crippen LogP contribution in [0.25, 0.3) is 0 Å². The van der Waals surface area contributed by atoms with E-state index in [1.807, 2.05) is 0 Å². The fourth-order valence-corrected chi connectivity index (χ4v) is 3.01. The Morgan fingerprint density at radius 1 is 1.40 bits per heavy atom. The van der Waals surface area contributed by atoms with Crippen LogP contribution in [0.3, 0.4) is 0 Å². The zero-order chi connectivity index (χ0) is 11.6. The third-order valence-corrected chi connectivity index (χ3v) is 3.78. The summed E-state index contributed by atoms with van der Waals surface area (Å²) < 4.78 is 4.86. The molecule has 1 aliphatic carbocycles. The lowest BCUT2D eigenvalue weighted by molar-refractivity contribution is -0.209. The van der Waals surface area contributed by atoms with Gasteiger partial charge in [-0.05, 0) is 30.8 Å². The third kappa shape index (κ3) is 2.83. The summed E-state index contributed by atoms with van der Waals surface area (Å²) in [6, 6.07) is 0. The van der Waals surface area contributed by atoms with E-state index >= 15 is 0 Å². The number of aliphatic hydroxyl groups is 4. The summed E-state index contributed by atoms with van der Waals surface area (Å²) in [5, 5.41) is 37.6. The molecule has 0 aromatic heterocycles. The van der Waals surface area contributed by atoms with Crippen molar-refractivity contribution < 1.29 is 24.6 Å². The highest BCUT2D eigenvalue weighted by Crippen LogP contribution is 2.39. The lowest BCUT2D eigenvalue weighted by Crippen LogP contribution is -2.54. The van der Waals surface area contributed by atoms with Gasteiger partial charge < -0.3 is 24.6 Å². The van der Waals surface area contributed by atoms with E-state index in [0.717, 1.165) is 12.0 Å². The van der Waals surface area contributed by atoms with Crippen molar-refractivity contribution in [1.29, 1.82) is 0 Å². The highest BCUT2D eigenvalue weighted by molar-refractivity contribution is 7.95. The Balaban J connectivity index is 2.74. The number of aliphatic hydroxyl groups excluding tert-OH is 2. The first kappa shape index (κ1) is 13.2. The van der Waals surface area contributed by atoms with Crippen molar-refractivity contribution in [3.8, 4) is 0 Å². The fraction of sp³-hybridized carbons (Fsp3) is 1.00. The van der Waals surface area contributed by atoms with Crippen molar-refractivity contribution >= 4 is 12.0 Å². The van der Waals surface area contributed by atoms with Crippen LogP contribution in [0.15, 0.2) is 0 Å². The van der Waals surface area contributed by atoms with Gasteiger partial charge in [0.15, 0.2) is 6.29 Å². The minimum Gasteiger partial charge on any atom is -0.392 e. The zero-order valence-corrected chi connectivity index (χ0v) is 9.65. The molecule has 1 aliphatic rings. The van der Waals surface area contributed by atoms with E-state index in [-0.39, 0.29) is 24.0 Å². The van der Waals surface area contributed by atoms with Crippen molar-refractivity contribution in [2.24, 2.45) is 5.92 Å². The molecule has 90 valence electrons. The molecule has 0 bridgehead atoms. The first-order chi connectivity index (χ1) is 6.90. The van der Waals surface area contributed by atoms with Gasteiger partial charge in [-0.3, -0.25) is 0 Å². The third-order valence-electron chi connectivity index (χ3n) is 2.89. The van der Waals surface area contributed by atoms with Crippen LogP contribution in [-0.2, 0) is 4.18 Å². The molecule has 5 nitrogen and oxygen atoms in total. The van der Waals surface area contributed by atoms with E-state index in [2.05, 4.69) is 0 Å². The quantitative estimate of drug-likeness (QED) is 0.391. The number of hydrogen-bond donors (Lipinski definition) is 4. The minimum absolute atomic E-state index is 0.106. The molecule has 0 aromatic rings. The van der Waals surface area contributed by atoms with Gasteiger partial charge in [0.1, 0.15) is 5.60 Å². The molecule has 0 aliphatic heterocycles. The van der Waals surface area contributed by atoms with Crippen molar-refractivity contribution in [1.82, 2.24) is 0 Å². The maximum Gasteiger partial charge on any atom is 0.181 e. The Labute approximate surface area is 93.3 Å². The molecule has 1 unspecified atom stereocenters. The average molecular weight is 238 g/mol. The molecule has 6 heteroatoms. The van der Waals surface area contributed by atoms with E-state index in [9.17, 15) is 10.2 Å². The Morgan fingerprint density at radius 3 is 2.47 bits per heavy atom. The van der Waals surface area contributed by atoms with Crippen LogP contribution in [0, 0.1) is 5.92 Å². The first-order valence-corrected chi connectivity index (χ1v) is 5.67. The number of hydrogen-bond acceptors (Lipinski definition) is 6. The summed E-state index contributed by atoms with van der Waals surface area (Å²) in [6.45, 7) is 1.76. The van der Waals surface area contributed by atoms with Gasteiger partial charge in [0.25, 0.3) is 0 Å². The second-order valence-electron chi connectivity index (χ2n) is 4.15. The van der Waals surface area contributed by atoms with E-state index in [1.165, 1.54) is 7.11 Å². The number of rotatable bonds is 3. The normalized spacial score (nSPS) is 42.2. The largest absolute Gasteiger partial charge is 0.392 e. The van der Waals surface area contributed by atoms with E-state index in [0.29, 0.717) is 0 Å². The van der Waals surface area contributed by atoms with Crippen LogP contribution in [0.1, 0.15) is 19.8 Å². The highest BCUT2D eigenvalue weighted by Gasteiger charge is 2.47. The van der Waals surface area contributed by atoms with Gasteiger partial charge in [-0.1, -0.05) is 6.92 Å². The van der Waals surface area contributed by atoms with Crippen molar-refractivity contribution in [3.05, 3.63) is 0 Å². The molecular weight excluding hydrogens is 220 g/mol. The van der Waals surface area contributed by atoms with Crippen molar-refractivity contribution in [3.63, 3.8) is 0 Å². The van der Waals surface area contributed by atoms with Crippen LogP contribution in [0.4, 0.5) is 0 Å². The fourth-order valence-electron chi connectivity index (χ4n) is 2.02. The molecule has 0 saturated heterocycles. The molecule has 1 saturated carbocycles. The van der Waals surface area contributed by atoms with Crippen molar-refractivity contribution in [2.45, 2.75) is 43.0 Å². The van der Waals surface area contributed by atoms with Gasteiger partial charge in [-0.2, -0.15) is 0 Å². The van der Waals surface area contributed by atoms with Crippen LogP contribution >= 0.6 is 12.0 Å². The van der Waals surface area contributed by atoms with Gasteiger partial charge >= 0.3 is 0 Å².